The van der Waals surface area contributed by atoms with Gasteiger partial charge in [0.25, 0.3) is 0 Å². The molecule has 1 aromatic carbocycles. The van der Waals surface area contributed by atoms with Gasteiger partial charge in [0.2, 0.25) is 5.88 Å². The fourth-order valence-corrected chi connectivity index (χ4v) is 1.38. The third-order valence-corrected chi connectivity index (χ3v) is 2.54. The zero-order valence-corrected chi connectivity index (χ0v) is 9.77. The fourth-order valence-electron chi connectivity index (χ4n) is 1.26. The topological polar surface area (TPSA) is 58.8 Å². The minimum absolute atomic E-state index is 0.353. The summed E-state index contributed by atoms with van der Waals surface area (Å²) in [5.74, 6) is 0.932. The SMILES string of the molecule is Cc1c(Cl)ncnc1Oc1cccc(C#N)c1. The normalized spacial score (nSPS) is 9.71. The van der Waals surface area contributed by atoms with Crippen molar-refractivity contribution in [3.8, 4) is 17.7 Å². The maximum atomic E-state index is 8.77. The van der Waals surface area contributed by atoms with Gasteiger partial charge in [-0.05, 0) is 25.1 Å². The minimum Gasteiger partial charge on any atom is -0.439 e. The summed E-state index contributed by atoms with van der Waals surface area (Å²) in [7, 11) is 0. The van der Waals surface area contributed by atoms with Crippen molar-refractivity contribution in [2.45, 2.75) is 6.92 Å². The van der Waals surface area contributed by atoms with Crippen LogP contribution in [0.15, 0.2) is 30.6 Å². The van der Waals surface area contributed by atoms with Gasteiger partial charge in [0.1, 0.15) is 17.2 Å². The highest BCUT2D eigenvalue weighted by atomic mass is 35.5. The quantitative estimate of drug-likeness (QED) is 0.763. The number of benzene rings is 1. The Balaban J connectivity index is 2.32. The first-order chi connectivity index (χ1) is 8.20. The summed E-state index contributed by atoms with van der Waals surface area (Å²) in [4.78, 5) is 7.83. The van der Waals surface area contributed by atoms with Crippen molar-refractivity contribution in [1.29, 1.82) is 5.26 Å². The molecule has 1 aromatic heterocycles. The molecular formula is C12H8ClN3O. The Morgan fingerprint density at radius 3 is 2.94 bits per heavy atom. The number of ether oxygens (including phenoxy) is 1. The average Bonchev–Trinajstić information content (AvgIpc) is 2.35. The average molecular weight is 246 g/mol. The highest BCUT2D eigenvalue weighted by molar-refractivity contribution is 6.30. The van der Waals surface area contributed by atoms with Gasteiger partial charge in [0.15, 0.2) is 0 Å². The third-order valence-electron chi connectivity index (χ3n) is 2.15. The minimum atomic E-state index is 0.353. The zero-order chi connectivity index (χ0) is 12.3. The van der Waals surface area contributed by atoms with Crippen LogP contribution in [0.2, 0.25) is 5.15 Å². The van der Waals surface area contributed by atoms with Crippen molar-refractivity contribution in [3.63, 3.8) is 0 Å². The number of nitrogens with zero attached hydrogens (tertiary/aromatic N) is 3. The van der Waals surface area contributed by atoms with Gasteiger partial charge in [0.05, 0.1) is 11.6 Å². The summed E-state index contributed by atoms with van der Waals surface area (Å²) in [5, 5.41) is 9.13. The Hall–Kier alpha value is -2.12. The van der Waals surface area contributed by atoms with E-state index in [-0.39, 0.29) is 0 Å². The molecule has 0 aliphatic rings. The molecule has 0 fully saturated rings. The monoisotopic (exact) mass is 245 g/mol. The predicted molar refractivity (Wildman–Crippen MR) is 63.0 cm³/mol. The lowest BCUT2D eigenvalue weighted by Gasteiger charge is -2.07. The van der Waals surface area contributed by atoms with Gasteiger partial charge >= 0.3 is 0 Å². The Morgan fingerprint density at radius 1 is 1.35 bits per heavy atom. The van der Waals surface area contributed by atoms with Gasteiger partial charge < -0.3 is 4.74 Å². The molecule has 0 amide bonds. The molecule has 0 spiro atoms. The van der Waals surface area contributed by atoms with Crippen LogP contribution in [0.5, 0.6) is 11.6 Å². The number of rotatable bonds is 2. The summed E-state index contributed by atoms with van der Waals surface area (Å²) in [6, 6.07) is 8.86. The van der Waals surface area contributed by atoms with E-state index in [0.29, 0.717) is 27.9 Å². The number of halogens is 1. The smallest absolute Gasteiger partial charge is 0.226 e. The van der Waals surface area contributed by atoms with Gasteiger partial charge in [-0.15, -0.1) is 0 Å². The van der Waals surface area contributed by atoms with Crippen molar-refractivity contribution in [1.82, 2.24) is 9.97 Å². The Kier molecular flexibility index (Phi) is 3.22. The molecule has 84 valence electrons. The molecule has 0 radical (unpaired) electrons. The van der Waals surface area contributed by atoms with E-state index in [9.17, 15) is 0 Å². The van der Waals surface area contributed by atoms with Crippen LogP contribution in [0, 0.1) is 18.3 Å². The second-order valence-electron chi connectivity index (χ2n) is 3.34. The molecular weight excluding hydrogens is 238 g/mol. The molecule has 0 N–H and O–H groups in total. The fraction of sp³-hybridized carbons (Fsp3) is 0.0833. The number of hydrogen-bond donors (Lipinski definition) is 0. The number of hydrogen-bond acceptors (Lipinski definition) is 4. The van der Waals surface area contributed by atoms with Crippen LogP contribution in [0.1, 0.15) is 11.1 Å². The lowest BCUT2D eigenvalue weighted by Crippen LogP contribution is -1.93. The Labute approximate surface area is 103 Å². The summed E-state index contributed by atoms with van der Waals surface area (Å²) < 4.78 is 5.55. The molecule has 5 heteroatoms. The van der Waals surface area contributed by atoms with Crippen LogP contribution < -0.4 is 4.74 Å². The first kappa shape index (κ1) is 11.4. The summed E-state index contributed by atoms with van der Waals surface area (Å²) in [6.07, 6.45) is 1.33. The molecule has 1 heterocycles. The van der Waals surface area contributed by atoms with Crippen molar-refractivity contribution < 1.29 is 4.74 Å². The van der Waals surface area contributed by atoms with E-state index < -0.39 is 0 Å². The van der Waals surface area contributed by atoms with Crippen LogP contribution in [-0.2, 0) is 0 Å². The molecule has 0 aliphatic heterocycles. The number of aromatic nitrogens is 2. The lowest BCUT2D eigenvalue weighted by molar-refractivity contribution is 0.457. The molecule has 0 aliphatic carbocycles. The van der Waals surface area contributed by atoms with E-state index in [1.54, 1.807) is 31.2 Å². The molecule has 2 aromatic rings. The second kappa shape index (κ2) is 4.81. The maximum absolute atomic E-state index is 8.77. The van der Waals surface area contributed by atoms with Crippen LogP contribution in [0.4, 0.5) is 0 Å². The Morgan fingerprint density at radius 2 is 2.18 bits per heavy atom. The van der Waals surface area contributed by atoms with Crippen molar-refractivity contribution in [2.24, 2.45) is 0 Å². The predicted octanol–water partition coefficient (Wildman–Crippen LogP) is 3.10. The van der Waals surface area contributed by atoms with E-state index >= 15 is 0 Å². The summed E-state index contributed by atoms with van der Waals surface area (Å²) in [6.45, 7) is 1.77. The highest BCUT2D eigenvalue weighted by Gasteiger charge is 2.07. The van der Waals surface area contributed by atoms with Gasteiger partial charge in [-0.3, -0.25) is 0 Å². The third kappa shape index (κ3) is 2.52. The zero-order valence-electron chi connectivity index (χ0n) is 9.01. The van der Waals surface area contributed by atoms with Gasteiger partial charge in [0, 0.05) is 5.56 Å². The molecule has 0 saturated carbocycles. The summed E-state index contributed by atoms with van der Waals surface area (Å²) >= 11 is 5.86. The van der Waals surface area contributed by atoms with E-state index in [1.165, 1.54) is 6.33 Å². The van der Waals surface area contributed by atoms with Gasteiger partial charge in [-0.1, -0.05) is 17.7 Å². The van der Waals surface area contributed by atoms with Crippen LogP contribution in [0.3, 0.4) is 0 Å². The molecule has 0 saturated heterocycles. The van der Waals surface area contributed by atoms with E-state index in [4.69, 9.17) is 21.6 Å². The molecule has 2 rings (SSSR count). The van der Waals surface area contributed by atoms with E-state index in [0.717, 1.165) is 0 Å². The highest BCUT2D eigenvalue weighted by Crippen LogP contribution is 2.26. The summed E-state index contributed by atoms with van der Waals surface area (Å²) in [5.41, 5.74) is 1.19. The van der Waals surface area contributed by atoms with Crippen LogP contribution in [-0.4, -0.2) is 9.97 Å². The van der Waals surface area contributed by atoms with Crippen LogP contribution in [0.25, 0.3) is 0 Å². The number of nitriles is 1. The van der Waals surface area contributed by atoms with Crippen molar-refractivity contribution in [3.05, 3.63) is 46.9 Å². The standard InChI is InChI=1S/C12H8ClN3O/c1-8-11(13)15-7-16-12(8)17-10-4-2-3-9(5-10)6-14/h2-5,7H,1H3. The van der Waals surface area contributed by atoms with Crippen molar-refractivity contribution in [2.75, 3.05) is 0 Å². The molecule has 0 atom stereocenters. The lowest BCUT2D eigenvalue weighted by atomic mass is 10.2. The Bertz CT molecular complexity index is 593. The van der Waals surface area contributed by atoms with E-state index in [2.05, 4.69) is 9.97 Å². The first-order valence-electron chi connectivity index (χ1n) is 4.86. The van der Waals surface area contributed by atoms with Crippen LogP contribution >= 0.6 is 11.6 Å². The van der Waals surface area contributed by atoms with Crippen molar-refractivity contribution >= 4 is 11.6 Å². The first-order valence-corrected chi connectivity index (χ1v) is 5.23. The van der Waals surface area contributed by atoms with E-state index in [1.807, 2.05) is 6.07 Å². The maximum Gasteiger partial charge on any atom is 0.226 e. The second-order valence-corrected chi connectivity index (χ2v) is 3.69. The molecule has 0 unspecified atom stereocenters. The van der Waals surface area contributed by atoms with Gasteiger partial charge in [-0.25, -0.2) is 9.97 Å². The molecule has 0 bridgehead atoms. The molecule has 4 nitrogen and oxygen atoms in total. The molecule has 17 heavy (non-hydrogen) atoms. The van der Waals surface area contributed by atoms with Gasteiger partial charge in [-0.2, -0.15) is 5.26 Å². The largest absolute Gasteiger partial charge is 0.439 e.